The number of imide groups is 1. The van der Waals surface area contributed by atoms with Gasteiger partial charge in [-0.2, -0.15) is 5.10 Å². The standard InChI is InChI=1S/C20H21N5O4/c1-11-10-16(23(3)22-11)24-9-8-15(20(24)29)21-17(26)12(2)25-18(27)13-6-4-5-7-14(13)19(25)28/h4-7,10,12,15H,8-9H2,1-3H3,(H,21,26)/t12-,15+/m0/s1. The third-order valence-corrected chi connectivity index (χ3v) is 5.37. The van der Waals surface area contributed by atoms with Crippen molar-refractivity contribution >= 4 is 29.4 Å². The Hall–Kier alpha value is -3.49. The zero-order valence-electron chi connectivity index (χ0n) is 16.4. The van der Waals surface area contributed by atoms with Gasteiger partial charge in [-0.25, -0.2) is 0 Å². The largest absolute Gasteiger partial charge is 0.342 e. The van der Waals surface area contributed by atoms with Crippen LogP contribution in [0.1, 0.15) is 39.8 Å². The van der Waals surface area contributed by atoms with E-state index in [-0.39, 0.29) is 17.0 Å². The molecule has 9 nitrogen and oxygen atoms in total. The summed E-state index contributed by atoms with van der Waals surface area (Å²) >= 11 is 0. The summed E-state index contributed by atoms with van der Waals surface area (Å²) in [6.07, 6.45) is 0.434. The molecular weight excluding hydrogens is 374 g/mol. The summed E-state index contributed by atoms with van der Waals surface area (Å²) in [5, 5.41) is 6.94. The number of carbonyl (C=O) groups is 4. The average molecular weight is 395 g/mol. The fourth-order valence-corrected chi connectivity index (χ4v) is 3.86. The minimum Gasteiger partial charge on any atom is -0.342 e. The first kappa shape index (κ1) is 18.9. The number of hydrogen-bond donors (Lipinski definition) is 1. The Balaban J connectivity index is 1.46. The lowest BCUT2D eigenvalue weighted by atomic mass is 10.1. The van der Waals surface area contributed by atoms with E-state index in [4.69, 9.17) is 0 Å². The molecule has 1 N–H and O–H groups in total. The second kappa shape index (κ2) is 6.84. The minimum absolute atomic E-state index is 0.240. The molecule has 4 rings (SSSR count). The first-order chi connectivity index (χ1) is 13.8. The highest BCUT2D eigenvalue weighted by atomic mass is 16.2. The zero-order valence-corrected chi connectivity index (χ0v) is 16.4. The summed E-state index contributed by atoms with van der Waals surface area (Å²) in [5.74, 6) is -1.12. The van der Waals surface area contributed by atoms with Crippen LogP contribution < -0.4 is 10.2 Å². The number of nitrogens with zero attached hydrogens (tertiary/aromatic N) is 4. The van der Waals surface area contributed by atoms with E-state index in [0.29, 0.717) is 18.8 Å². The van der Waals surface area contributed by atoms with Gasteiger partial charge < -0.3 is 5.32 Å². The van der Waals surface area contributed by atoms with Crippen LogP contribution in [0.15, 0.2) is 30.3 Å². The highest BCUT2D eigenvalue weighted by Gasteiger charge is 2.42. The molecule has 1 aromatic heterocycles. The zero-order chi connectivity index (χ0) is 20.9. The van der Waals surface area contributed by atoms with Crippen molar-refractivity contribution in [1.82, 2.24) is 20.0 Å². The van der Waals surface area contributed by atoms with E-state index in [1.165, 1.54) is 6.92 Å². The van der Waals surface area contributed by atoms with Crippen LogP contribution in [0.2, 0.25) is 0 Å². The van der Waals surface area contributed by atoms with Gasteiger partial charge in [0.15, 0.2) is 0 Å². The smallest absolute Gasteiger partial charge is 0.262 e. The van der Waals surface area contributed by atoms with E-state index in [2.05, 4.69) is 10.4 Å². The average Bonchev–Trinajstić information content (AvgIpc) is 3.30. The van der Waals surface area contributed by atoms with E-state index < -0.39 is 29.8 Å². The van der Waals surface area contributed by atoms with Gasteiger partial charge in [0.2, 0.25) is 5.91 Å². The summed E-state index contributed by atoms with van der Waals surface area (Å²) in [6.45, 7) is 3.77. The number of rotatable bonds is 4. The third-order valence-electron chi connectivity index (χ3n) is 5.37. The molecule has 0 aliphatic carbocycles. The molecule has 0 saturated carbocycles. The predicted octanol–water partition coefficient (Wildman–Crippen LogP) is 0.635. The van der Waals surface area contributed by atoms with Crippen LogP contribution in [-0.2, 0) is 16.6 Å². The maximum absolute atomic E-state index is 12.8. The quantitative estimate of drug-likeness (QED) is 0.765. The van der Waals surface area contributed by atoms with Crippen LogP contribution in [-0.4, -0.2) is 56.9 Å². The summed E-state index contributed by atoms with van der Waals surface area (Å²) in [4.78, 5) is 53.2. The highest BCUT2D eigenvalue weighted by molar-refractivity contribution is 6.22. The van der Waals surface area contributed by atoms with Crippen LogP contribution in [0.5, 0.6) is 0 Å². The van der Waals surface area contributed by atoms with Crippen molar-refractivity contribution in [3.8, 4) is 0 Å². The van der Waals surface area contributed by atoms with Crippen molar-refractivity contribution < 1.29 is 19.2 Å². The number of benzene rings is 1. The SMILES string of the molecule is Cc1cc(N2CC[C@@H](NC(=O)[C@H](C)N3C(=O)c4ccccc4C3=O)C2=O)n(C)n1. The van der Waals surface area contributed by atoms with Crippen LogP contribution in [0.3, 0.4) is 0 Å². The number of aromatic nitrogens is 2. The number of fused-ring (bicyclic) bond motifs is 1. The van der Waals surface area contributed by atoms with Crippen molar-refractivity contribution in [2.24, 2.45) is 7.05 Å². The number of aryl methyl sites for hydroxylation is 2. The van der Waals surface area contributed by atoms with Crippen LogP contribution in [0.25, 0.3) is 0 Å². The Morgan fingerprint density at radius 3 is 2.34 bits per heavy atom. The second-order valence-electron chi connectivity index (χ2n) is 7.31. The van der Waals surface area contributed by atoms with Gasteiger partial charge in [0.05, 0.1) is 16.8 Å². The Morgan fingerprint density at radius 2 is 1.79 bits per heavy atom. The third kappa shape index (κ3) is 2.98. The van der Waals surface area contributed by atoms with E-state index in [0.717, 1.165) is 10.6 Å². The van der Waals surface area contributed by atoms with Crippen molar-refractivity contribution in [1.29, 1.82) is 0 Å². The van der Waals surface area contributed by atoms with Gasteiger partial charge in [-0.05, 0) is 32.4 Å². The fourth-order valence-electron chi connectivity index (χ4n) is 3.86. The summed E-state index contributed by atoms with van der Waals surface area (Å²) < 4.78 is 1.62. The van der Waals surface area contributed by atoms with Gasteiger partial charge in [-0.15, -0.1) is 0 Å². The lowest BCUT2D eigenvalue weighted by Crippen LogP contribution is -2.52. The Bertz CT molecular complexity index is 1010. The lowest BCUT2D eigenvalue weighted by molar-refractivity contribution is -0.128. The normalized spacial score (nSPS) is 19.7. The molecular formula is C20H21N5O4. The number of carbonyl (C=O) groups excluding carboxylic acids is 4. The van der Waals surface area contributed by atoms with Gasteiger partial charge in [0.25, 0.3) is 17.7 Å². The molecule has 4 amide bonds. The number of hydrogen-bond acceptors (Lipinski definition) is 5. The van der Waals surface area contributed by atoms with Crippen LogP contribution in [0, 0.1) is 6.92 Å². The fraction of sp³-hybridized carbons (Fsp3) is 0.350. The molecule has 1 fully saturated rings. The molecule has 2 aromatic rings. The minimum atomic E-state index is -1.02. The van der Waals surface area contributed by atoms with E-state index in [9.17, 15) is 19.2 Å². The highest BCUT2D eigenvalue weighted by Crippen LogP contribution is 2.25. The molecule has 3 heterocycles. The molecule has 2 aliphatic heterocycles. The molecule has 150 valence electrons. The van der Waals surface area contributed by atoms with Crippen LogP contribution in [0.4, 0.5) is 5.82 Å². The van der Waals surface area contributed by atoms with Crippen molar-refractivity contribution in [3.05, 3.63) is 47.2 Å². The summed E-state index contributed by atoms with van der Waals surface area (Å²) in [6, 6.07) is 6.54. The topological polar surface area (TPSA) is 105 Å². The van der Waals surface area contributed by atoms with Crippen LogP contribution >= 0.6 is 0 Å². The van der Waals surface area contributed by atoms with Gasteiger partial charge in [0.1, 0.15) is 17.9 Å². The van der Waals surface area contributed by atoms with Gasteiger partial charge in [-0.3, -0.25) is 33.7 Å². The van der Waals surface area contributed by atoms with E-state index in [1.807, 2.05) is 13.0 Å². The van der Waals surface area contributed by atoms with Crippen molar-refractivity contribution in [2.75, 3.05) is 11.4 Å². The molecule has 0 radical (unpaired) electrons. The number of anilines is 1. The predicted molar refractivity (Wildman–Crippen MR) is 103 cm³/mol. The molecule has 2 aliphatic rings. The molecule has 0 unspecified atom stereocenters. The monoisotopic (exact) mass is 395 g/mol. The maximum Gasteiger partial charge on any atom is 0.262 e. The maximum atomic E-state index is 12.8. The second-order valence-corrected chi connectivity index (χ2v) is 7.31. The van der Waals surface area contributed by atoms with Crippen molar-refractivity contribution in [3.63, 3.8) is 0 Å². The van der Waals surface area contributed by atoms with Crippen molar-refractivity contribution in [2.45, 2.75) is 32.4 Å². The summed E-state index contributed by atoms with van der Waals surface area (Å²) in [7, 11) is 1.76. The Morgan fingerprint density at radius 1 is 1.17 bits per heavy atom. The first-order valence-corrected chi connectivity index (χ1v) is 9.39. The lowest BCUT2D eigenvalue weighted by Gasteiger charge is -2.23. The Labute approximate surface area is 167 Å². The molecule has 9 heteroatoms. The number of nitrogens with one attached hydrogen (secondary N) is 1. The molecule has 0 bridgehead atoms. The van der Waals surface area contributed by atoms with Gasteiger partial charge >= 0.3 is 0 Å². The van der Waals surface area contributed by atoms with Gasteiger partial charge in [-0.1, -0.05) is 12.1 Å². The molecule has 1 aromatic carbocycles. The molecule has 2 atom stereocenters. The van der Waals surface area contributed by atoms with E-state index >= 15 is 0 Å². The summed E-state index contributed by atoms with van der Waals surface area (Å²) in [5.41, 5.74) is 1.36. The number of amides is 4. The van der Waals surface area contributed by atoms with Gasteiger partial charge in [0, 0.05) is 19.7 Å². The molecule has 1 saturated heterocycles. The first-order valence-electron chi connectivity index (χ1n) is 9.39. The Kier molecular flexibility index (Phi) is 4.45. The molecule has 0 spiro atoms. The van der Waals surface area contributed by atoms with E-state index in [1.54, 1.807) is 40.9 Å². The molecule has 29 heavy (non-hydrogen) atoms.